The van der Waals surface area contributed by atoms with Gasteiger partial charge in [-0.05, 0) is 63.3 Å². The largest absolute Gasteiger partial charge is 0.494 e. The van der Waals surface area contributed by atoms with Gasteiger partial charge in [-0.2, -0.15) is 0 Å². The molecular formula is C28H31NO4. The van der Waals surface area contributed by atoms with Crippen LogP contribution in [-0.4, -0.2) is 24.5 Å². The van der Waals surface area contributed by atoms with Crippen molar-refractivity contribution in [2.24, 2.45) is 0 Å². The Morgan fingerprint density at radius 1 is 1.03 bits per heavy atom. The average Bonchev–Trinajstić information content (AvgIpc) is 2.79. The van der Waals surface area contributed by atoms with Gasteiger partial charge in [-0.15, -0.1) is 0 Å². The summed E-state index contributed by atoms with van der Waals surface area (Å²) in [5.41, 5.74) is 4.85. The molecule has 2 atom stereocenters. The number of ether oxygens (including phenoxy) is 2. The molecular weight excluding hydrogens is 414 g/mol. The number of nitrogens with one attached hydrogen (secondary N) is 1. The van der Waals surface area contributed by atoms with Crippen LogP contribution in [-0.2, 0) is 14.3 Å². The summed E-state index contributed by atoms with van der Waals surface area (Å²) >= 11 is 0. The molecule has 0 saturated heterocycles. The van der Waals surface area contributed by atoms with E-state index < -0.39 is 11.9 Å². The van der Waals surface area contributed by atoms with E-state index in [1.165, 1.54) is 0 Å². The normalized spacial score (nSPS) is 20.5. The minimum atomic E-state index is -0.465. The van der Waals surface area contributed by atoms with Gasteiger partial charge in [-0.1, -0.05) is 42.5 Å². The molecule has 0 fully saturated rings. The predicted octanol–water partition coefficient (Wildman–Crippen LogP) is 5.40. The molecule has 2 aromatic rings. The van der Waals surface area contributed by atoms with Crippen LogP contribution in [0.15, 0.2) is 77.1 Å². The number of ketones is 1. The van der Waals surface area contributed by atoms with Gasteiger partial charge >= 0.3 is 5.97 Å². The van der Waals surface area contributed by atoms with E-state index in [-0.39, 0.29) is 17.8 Å². The fraction of sp³-hybridized carbons (Fsp3) is 0.357. The second-order valence-corrected chi connectivity index (χ2v) is 8.88. The summed E-state index contributed by atoms with van der Waals surface area (Å²) in [5.74, 6) is 0.0862. The molecule has 2 aliphatic rings. The van der Waals surface area contributed by atoms with Crippen molar-refractivity contribution >= 4 is 11.8 Å². The highest BCUT2D eigenvalue weighted by Crippen LogP contribution is 2.46. The van der Waals surface area contributed by atoms with Crippen LogP contribution in [0.4, 0.5) is 0 Å². The number of hydrogen-bond acceptors (Lipinski definition) is 5. The molecule has 0 spiro atoms. The van der Waals surface area contributed by atoms with E-state index in [1.807, 2.05) is 70.2 Å². The van der Waals surface area contributed by atoms with E-state index in [9.17, 15) is 9.59 Å². The van der Waals surface area contributed by atoms with Crippen molar-refractivity contribution < 1.29 is 19.1 Å². The van der Waals surface area contributed by atoms with E-state index in [1.54, 1.807) is 0 Å². The zero-order valence-corrected chi connectivity index (χ0v) is 19.7. The van der Waals surface area contributed by atoms with Gasteiger partial charge in [0.05, 0.1) is 18.3 Å². The number of carbonyl (C=O) groups is 2. The maximum absolute atomic E-state index is 13.6. The number of allylic oxidation sites excluding steroid dienone is 3. The molecule has 0 radical (unpaired) electrons. The molecule has 2 aromatic carbocycles. The third-order valence-corrected chi connectivity index (χ3v) is 6.19. The van der Waals surface area contributed by atoms with E-state index in [4.69, 9.17) is 9.47 Å². The molecule has 1 heterocycles. The Kier molecular flexibility index (Phi) is 6.68. The lowest BCUT2D eigenvalue weighted by molar-refractivity contribution is -0.143. The Morgan fingerprint density at radius 3 is 2.36 bits per heavy atom. The van der Waals surface area contributed by atoms with Gasteiger partial charge in [-0.3, -0.25) is 4.79 Å². The summed E-state index contributed by atoms with van der Waals surface area (Å²) < 4.78 is 11.2. The second kappa shape index (κ2) is 9.65. The first-order valence-corrected chi connectivity index (χ1v) is 11.6. The van der Waals surface area contributed by atoms with E-state index in [2.05, 4.69) is 17.4 Å². The van der Waals surface area contributed by atoms with E-state index in [0.717, 1.165) is 34.7 Å². The fourth-order valence-corrected chi connectivity index (χ4v) is 4.80. The second-order valence-electron chi connectivity index (χ2n) is 8.88. The highest BCUT2D eigenvalue weighted by Gasteiger charge is 2.41. The van der Waals surface area contributed by atoms with Gasteiger partial charge in [0.1, 0.15) is 5.75 Å². The first-order valence-electron chi connectivity index (χ1n) is 11.6. The Balaban J connectivity index is 1.77. The van der Waals surface area contributed by atoms with Crippen molar-refractivity contribution in [1.29, 1.82) is 0 Å². The van der Waals surface area contributed by atoms with Gasteiger partial charge in [0.15, 0.2) is 5.78 Å². The maximum atomic E-state index is 13.6. The highest BCUT2D eigenvalue weighted by atomic mass is 16.5. The minimum absolute atomic E-state index is 0.0684. The SMILES string of the molecule is CCOc1ccc([C@@H]2C(C(=O)OC(C)C)=C(C)NC3=C2C(=O)C[C@@H](c2ccccc2)C3)cc1. The first-order chi connectivity index (χ1) is 15.9. The zero-order valence-electron chi connectivity index (χ0n) is 19.7. The molecule has 0 bridgehead atoms. The number of rotatable bonds is 6. The van der Waals surface area contributed by atoms with Crippen LogP contribution in [0.2, 0.25) is 0 Å². The Bertz CT molecular complexity index is 1100. The van der Waals surface area contributed by atoms with Crippen LogP contribution in [0.3, 0.4) is 0 Å². The van der Waals surface area contributed by atoms with Crippen LogP contribution >= 0.6 is 0 Å². The lowest BCUT2D eigenvalue weighted by Gasteiger charge is -2.37. The summed E-state index contributed by atoms with van der Waals surface area (Å²) in [4.78, 5) is 26.7. The lowest BCUT2D eigenvalue weighted by Crippen LogP contribution is -2.36. The number of carbonyl (C=O) groups excluding carboxylic acids is 2. The summed E-state index contributed by atoms with van der Waals surface area (Å²) in [6.45, 7) is 8.06. The number of esters is 1. The molecule has 1 aliphatic heterocycles. The lowest BCUT2D eigenvalue weighted by atomic mass is 9.71. The first kappa shape index (κ1) is 22.8. The molecule has 33 heavy (non-hydrogen) atoms. The summed E-state index contributed by atoms with van der Waals surface area (Å²) in [6, 6.07) is 17.8. The smallest absolute Gasteiger partial charge is 0.337 e. The summed E-state index contributed by atoms with van der Waals surface area (Å²) in [7, 11) is 0. The Hall–Kier alpha value is -3.34. The number of dihydropyridines is 1. The zero-order chi connectivity index (χ0) is 23.5. The summed E-state index contributed by atoms with van der Waals surface area (Å²) in [6.07, 6.45) is 0.894. The molecule has 5 nitrogen and oxygen atoms in total. The van der Waals surface area contributed by atoms with Crippen molar-refractivity contribution in [3.8, 4) is 5.75 Å². The quantitative estimate of drug-likeness (QED) is 0.603. The van der Waals surface area contributed by atoms with Crippen molar-refractivity contribution in [2.45, 2.75) is 58.5 Å². The molecule has 5 heteroatoms. The van der Waals surface area contributed by atoms with E-state index >= 15 is 0 Å². The highest BCUT2D eigenvalue weighted by molar-refractivity contribution is 6.04. The monoisotopic (exact) mass is 445 g/mol. The summed E-state index contributed by atoms with van der Waals surface area (Å²) in [5, 5.41) is 3.40. The van der Waals surface area contributed by atoms with Crippen LogP contribution in [0, 0.1) is 0 Å². The van der Waals surface area contributed by atoms with E-state index in [0.29, 0.717) is 24.2 Å². The molecule has 1 N–H and O–H groups in total. The standard InChI is InChI=1S/C28H31NO4/c1-5-32-22-13-11-20(12-14-22)26-25(28(31)33-17(2)3)18(4)29-23-15-21(16-24(30)27(23)26)19-9-7-6-8-10-19/h6-14,17,21,26,29H,5,15-16H2,1-4H3/t21-,26+/m0/s1. The third-order valence-electron chi connectivity index (χ3n) is 6.19. The van der Waals surface area contributed by atoms with Crippen LogP contribution in [0.25, 0.3) is 0 Å². The van der Waals surface area contributed by atoms with Crippen LogP contribution < -0.4 is 10.1 Å². The number of benzene rings is 2. The average molecular weight is 446 g/mol. The van der Waals surface area contributed by atoms with Crippen LogP contribution in [0.5, 0.6) is 5.75 Å². The molecule has 0 unspecified atom stereocenters. The topological polar surface area (TPSA) is 64.6 Å². The van der Waals surface area contributed by atoms with Crippen molar-refractivity contribution in [2.75, 3.05) is 6.61 Å². The van der Waals surface area contributed by atoms with Crippen LogP contribution in [0.1, 0.15) is 63.5 Å². The van der Waals surface area contributed by atoms with Crippen molar-refractivity contribution in [3.05, 3.63) is 88.3 Å². The predicted molar refractivity (Wildman–Crippen MR) is 128 cm³/mol. The van der Waals surface area contributed by atoms with Gasteiger partial charge in [-0.25, -0.2) is 4.79 Å². The number of Topliss-reactive ketones (excluding diaryl/α,β-unsaturated/α-hetero) is 1. The molecule has 0 saturated carbocycles. The fourth-order valence-electron chi connectivity index (χ4n) is 4.80. The van der Waals surface area contributed by atoms with Gasteiger partial charge in [0.25, 0.3) is 0 Å². The minimum Gasteiger partial charge on any atom is -0.494 e. The molecule has 0 amide bonds. The van der Waals surface area contributed by atoms with Crippen molar-refractivity contribution in [1.82, 2.24) is 5.32 Å². The third kappa shape index (κ3) is 4.72. The van der Waals surface area contributed by atoms with Gasteiger partial charge < -0.3 is 14.8 Å². The van der Waals surface area contributed by atoms with Gasteiger partial charge in [0, 0.05) is 29.3 Å². The molecule has 172 valence electrons. The molecule has 0 aromatic heterocycles. The molecule has 1 aliphatic carbocycles. The number of hydrogen-bond donors (Lipinski definition) is 1. The van der Waals surface area contributed by atoms with Crippen molar-refractivity contribution in [3.63, 3.8) is 0 Å². The maximum Gasteiger partial charge on any atom is 0.337 e. The Labute approximate surface area is 195 Å². The van der Waals surface area contributed by atoms with Gasteiger partial charge in [0.2, 0.25) is 0 Å². The molecule has 4 rings (SSSR count). The Morgan fingerprint density at radius 2 is 1.73 bits per heavy atom.